The molecule has 0 atom stereocenters. The Morgan fingerprint density at radius 2 is 1.59 bits per heavy atom. The summed E-state index contributed by atoms with van der Waals surface area (Å²) < 4.78 is 38.2. The van der Waals surface area contributed by atoms with Gasteiger partial charge in [-0.25, -0.2) is 8.42 Å². The SMILES string of the molecule is COc1ccc(C(=O)/C=C\Nc2ccccc2NS(=O)(=O)c2ccc([N+](=O)[O-])cc2)cc1OC. The lowest BCUT2D eigenvalue weighted by Gasteiger charge is -2.12. The monoisotopic (exact) mass is 483 g/mol. The van der Waals surface area contributed by atoms with Crippen molar-refractivity contribution in [1.29, 1.82) is 0 Å². The summed E-state index contributed by atoms with van der Waals surface area (Å²) in [5, 5.41) is 13.7. The Morgan fingerprint density at radius 1 is 0.941 bits per heavy atom. The second kappa shape index (κ2) is 10.5. The van der Waals surface area contributed by atoms with E-state index in [1.165, 1.54) is 32.6 Å². The van der Waals surface area contributed by atoms with E-state index in [2.05, 4.69) is 10.0 Å². The molecule has 3 rings (SSSR count). The maximum absolute atomic E-state index is 12.7. The summed E-state index contributed by atoms with van der Waals surface area (Å²) in [6.07, 6.45) is 2.68. The molecule has 3 aromatic rings. The van der Waals surface area contributed by atoms with E-state index in [4.69, 9.17) is 9.47 Å². The molecule has 11 heteroatoms. The molecule has 0 saturated carbocycles. The maximum atomic E-state index is 12.7. The number of hydrogen-bond donors (Lipinski definition) is 2. The van der Waals surface area contributed by atoms with E-state index in [-0.39, 0.29) is 22.1 Å². The number of hydrogen-bond acceptors (Lipinski definition) is 8. The van der Waals surface area contributed by atoms with Crippen LogP contribution in [0.5, 0.6) is 11.5 Å². The number of carbonyl (C=O) groups excluding carboxylic acids is 1. The highest BCUT2D eigenvalue weighted by atomic mass is 32.2. The molecule has 0 heterocycles. The van der Waals surface area contributed by atoms with Gasteiger partial charge in [-0.1, -0.05) is 12.1 Å². The van der Waals surface area contributed by atoms with Crippen molar-refractivity contribution in [3.8, 4) is 11.5 Å². The number of nitro benzene ring substituents is 1. The van der Waals surface area contributed by atoms with E-state index in [0.717, 1.165) is 24.3 Å². The average Bonchev–Trinajstić information content (AvgIpc) is 2.84. The Kier molecular flexibility index (Phi) is 7.49. The van der Waals surface area contributed by atoms with Crippen LogP contribution in [-0.2, 0) is 10.0 Å². The predicted molar refractivity (Wildman–Crippen MR) is 127 cm³/mol. The van der Waals surface area contributed by atoms with Gasteiger partial charge in [-0.2, -0.15) is 0 Å². The maximum Gasteiger partial charge on any atom is 0.269 e. The fourth-order valence-electron chi connectivity index (χ4n) is 2.94. The molecule has 0 aromatic heterocycles. The number of allylic oxidation sites excluding steroid dienone is 1. The Bertz CT molecular complexity index is 1340. The van der Waals surface area contributed by atoms with Gasteiger partial charge in [-0.3, -0.25) is 19.6 Å². The fourth-order valence-corrected chi connectivity index (χ4v) is 4.02. The van der Waals surface area contributed by atoms with Crippen LogP contribution in [0, 0.1) is 10.1 Å². The number of benzene rings is 3. The molecule has 34 heavy (non-hydrogen) atoms. The molecule has 10 nitrogen and oxygen atoms in total. The molecule has 0 spiro atoms. The minimum Gasteiger partial charge on any atom is -0.493 e. The normalized spacial score (nSPS) is 11.1. The second-order valence-corrected chi connectivity index (χ2v) is 8.50. The van der Waals surface area contributed by atoms with Gasteiger partial charge in [0.2, 0.25) is 0 Å². The molecule has 0 aliphatic heterocycles. The molecular formula is C23H21N3O7S. The Morgan fingerprint density at radius 3 is 2.21 bits per heavy atom. The average molecular weight is 484 g/mol. The zero-order chi connectivity index (χ0) is 24.7. The van der Waals surface area contributed by atoms with Gasteiger partial charge >= 0.3 is 0 Å². The standard InChI is InChI=1S/C23H21N3O7S/c1-32-22-12-7-16(15-23(22)33-2)21(27)13-14-24-19-5-3-4-6-20(19)25-34(30,31)18-10-8-17(9-11-18)26(28)29/h3-15,24-25H,1-2H3/b14-13-. The molecule has 0 unspecified atom stereocenters. The molecule has 2 N–H and O–H groups in total. The van der Waals surface area contributed by atoms with Crippen molar-refractivity contribution in [2.24, 2.45) is 0 Å². The molecule has 3 aromatic carbocycles. The molecule has 0 amide bonds. The molecule has 0 aliphatic rings. The molecule has 0 bridgehead atoms. The van der Waals surface area contributed by atoms with E-state index < -0.39 is 14.9 Å². The van der Waals surface area contributed by atoms with Crippen molar-refractivity contribution in [2.75, 3.05) is 24.3 Å². The molecule has 0 aliphatic carbocycles. The summed E-state index contributed by atoms with van der Waals surface area (Å²) in [6, 6.07) is 15.8. The Hall–Kier alpha value is -4.38. The van der Waals surface area contributed by atoms with Gasteiger partial charge in [-0.05, 0) is 42.5 Å². The summed E-state index contributed by atoms with van der Waals surface area (Å²) in [5.41, 5.74) is 0.779. The quantitative estimate of drug-likeness (QED) is 0.189. The number of ketones is 1. The number of ether oxygens (including phenoxy) is 2. The number of anilines is 2. The molecular weight excluding hydrogens is 462 g/mol. The van der Waals surface area contributed by atoms with E-state index >= 15 is 0 Å². The van der Waals surface area contributed by atoms with Crippen LogP contribution in [-0.4, -0.2) is 33.3 Å². The van der Waals surface area contributed by atoms with Crippen LogP contribution in [0.4, 0.5) is 17.1 Å². The van der Waals surface area contributed by atoms with Gasteiger partial charge in [0, 0.05) is 30.0 Å². The lowest BCUT2D eigenvalue weighted by Crippen LogP contribution is -2.14. The lowest BCUT2D eigenvalue weighted by atomic mass is 10.1. The number of methoxy groups -OCH3 is 2. The smallest absolute Gasteiger partial charge is 0.269 e. The van der Waals surface area contributed by atoms with Gasteiger partial charge in [0.1, 0.15) is 0 Å². The van der Waals surface area contributed by atoms with Gasteiger partial charge in [0.15, 0.2) is 17.3 Å². The van der Waals surface area contributed by atoms with Crippen molar-refractivity contribution in [1.82, 2.24) is 0 Å². The molecule has 0 saturated heterocycles. The van der Waals surface area contributed by atoms with Crippen LogP contribution < -0.4 is 19.5 Å². The number of nitrogens with zero attached hydrogens (tertiary/aromatic N) is 1. The number of non-ortho nitro benzene ring substituents is 1. The second-order valence-electron chi connectivity index (χ2n) is 6.81. The van der Waals surface area contributed by atoms with Crippen molar-refractivity contribution < 1.29 is 27.6 Å². The van der Waals surface area contributed by atoms with Crippen LogP contribution >= 0.6 is 0 Å². The first-order valence-electron chi connectivity index (χ1n) is 9.81. The highest BCUT2D eigenvalue weighted by Crippen LogP contribution is 2.28. The van der Waals surface area contributed by atoms with Crippen LogP contribution in [0.2, 0.25) is 0 Å². The van der Waals surface area contributed by atoms with Crippen LogP contribution in [0.15, 0.2) is 83.9 Å². The fraction of sp³-hybridized carbons (Fsp3) is 0.0870. The Balaban J connectivity index is 1.75. The topological polar surface area (TPSA) is 137 Å². The van der Waals surface area contributed by atoms with Crippen LogP contribution in [0.3, 0.4) is 0 Å². The summed E-state index contributed by atoms with van der Waals surface area (Å²) in [5.74, 6) is 0.605. The number of rotatable bonds is 10. The molecule has 0 radical (unpaired) electrons. The van der Waals surface area contributed by atoms with Gasteiger partial charge < -0.3 is 14.8 Å². The molecule has 0 fully saturated rings. The summed E-state index contributed by atoms with van der Waals surface area (Å²) in [4.78, 5) is 22.5. The van der Waals surface area contributed by atoms with Crippen molar-refractivity contribution in [3.63, 3.8) is 0 Å². The third-order valence-electron chi connectivity index (χ3n) is 4.67. The zero-order valence-corrected chi connectivity index (χ0v) is 19.0. The van der Waals surface area contributed by atoms with Crippen molar-refractivity contribution in [3.05, 3.63) is 94.7 Å². The molecule has 176 valence electrons. The minimum absolute atomic E-state index is 0.132. The first-order chi connectivity index (χ1) is 16.2. The number of sulfonamides is 1. The first kappa shape index (κ1) is 24.3. The predicted octanol–water partition coefficient (Wildman–Crippen LogP) is 4.22. The van der Waals surface area contributed by atoms with Crippen molar-refractivity contribution >= 4 is 32.9 Å². The zero-order valence-electron chi connectivity index (χ0n) is 18.2. The van der Waals surface area contributed by atoms with E-state index in [9.17, 15) is 23.3 Å². The van der Waals surface area contributed by atoms with Gasteiger partial charge in [0.25, 0.3) is 15.7 Å². The number of para-hydroxylation sites is 2. The largest absolute Gasteiger partial charge is 0.493 e. The lowest BCUT2D eigenvalue weighted by molar-refractivity contribution is -0.384. The van der Waals surface area contributed by atoms with Crippen molar-refractivity contribution in [2.45, 2.75) is 4.90 Å². The Labute approximate surface area is 196 Å². The number of carbonyl (C=O) groups is 1. The summed E-state index contributed by atoms with van der Waals surface area (Å²) in [6.45, 7) is 0. The highest BCUT2D eigenvalue weighted by molar-refractivity contribution is 7.92. The van der Waals surface area contributed by atoms with Gasteiger partial charge in [-0.15, -0.1) is 0 Å². The minimum atomic E-state index is -4.01. The van der Waals surface area contributed by atoms with E-state index in [1.807, 2.05) is 0 Å². The third-order valence-corrected chi connectivity index (χ3v) is 6.05. The number of nitro groups is 1. The first-order valence-corrected chi connectivity index (χ1v) is 11.3. The van der Waals surface area contributed by atoms with E-state index in [1.54, 1.807) is 36.4 Å². The third kappa shape index (κ3) is 5.70. The summed E-state index contributed by atoms with van der Waals surface area (Å²) >= 11 is 0. The highest BCUT2D eigenvalue weighted by Gasteiger charge is 2.17. The van der Waals surface area contributed by atoms with E-state index in [0.29, 0.717) is 22.7 Å². The van der Waals surface area contributed by atoms with Crippen LogP contribution in [0.1, 0.15) is 10.4 Å². The van der Waals surface area contributed by atoms with Gasteiger partial charge in [0.05, 0.1) is 35.4 Å². The summed E-state index contributed by atoms with van der Waals surface area (Å²) in [7, 11) is -1.04. The number of nitrogens with one attached hydrogen (secondary N) is 2. The van der Waals surface area contributed by atoms with Crippen LogP contribution in [0.25, 0.3) is 0 Å².